The standard InChI is InChI=1S/C19H15N3O7/c1-2-28-19(25)12-5-3-4-11(10-12)14-8-6-13(29-14)7-9-15-20-17(23)16(22(26)27)18(24)21-15/h3-10H,2H2,1H3,(H2,20,21,23,24). The summed E-state index contributed by atoms with van der Waals surface area (Å²) < 4.78 is 10.7. The first-order chi connectivity index (χ1) is 13.9. The Labute approximate surface area is 163 Å². The molecule has 0 radical (unpaired) electrons. The maximum atomic E-state index is 11.9. The second-order valence-corrected chi connectivity index (χ2v) is 5.72. The van der Waals surface area contributed by atoms with Crippen LogP contribution >= 0.6 is 0 Å². The smallest absolute Gasteiger partial charge is 0.395 e. The van der Waals surface area contributed by atoms with Crippen LogP contribution in [0.2, 0.25) is 0 Å². The van der Waals surface area contributed by atoms with Gasteiger partial charge in [-0.25, -0.2) is 4.79 Å². The number of esters is 1. The highest BCUT2D eigenvalue weighted by molar-refractivity contribution is 5.90. The third-order valence-electron chi connectivity index (χ3n) is 3.77. The van der Waals surface area contributed by atoms with Crippen molar-refractivity contribution < 1.29 is 24.0 Å². The predicted molar refractivity (Wildman–Crippen MR) is 102 cm³/mol. The van der Waals surface area contributed by atoms with E-state index in [-0.39, 0.29) is 12.4 Å². The van der Waals surface area contributed by atoms with Crippen molar-refractivity contribution in [2.45, 2.75) is 6.92 Å². The van der Waals surface area contributed by atoms with Gasteiger partial charge in [0.2, 0.25) is 0 Å². The van der Waals surface area contributed by atoms with Gasteiger partial charge in [-0.15, -0.1) is 0 Å². The highest BCUT2D eigenvalue weighted by Crippen LogP contribution is 2.24. The molecule has 10 nitrogen and oxygen atoms in total. The van der Waals surface area contributed by atoms with Crippen molar-refractivity contribution in [1.82, 2.24) is 9.97 Å². The average molecular weight is 397 g/mol. The van der Waals surface area contributed by atoms with Gasteiger partial charge >= 0.3 is 17.2 Å². The number of nitrogens with one attached hydrogen (secondary N) is 1. The number of carbonyl (C=O) groups is 1. The van der Waals surface area contributed by atoms with Crippen LogP contribution in [0.5, 0.6) is 5.88 Å². The van der Waals surface area contributed by atoms with Crippen molar-refractivity contribution in [2.24, 2.45) is 0 Å². The lowest BCUT2D eigenvalue weighted by molar-refractivity contribution is -0.387. The molecular weight excluding hydrogens is 382 g/mol. The second-order valence-electron chi connectivity index (χ2n) is 5.72. The molecule has 0 saturated carbocycles. The van der Waals surface area contributed by atoms with Crippen LogP contribution in [0.3, 0.4) is 0 Å². The lowest BCUT2D eigenvalue weighted by atomic mass is 10.1. The first-order valence-corrected chi connectivity index (χ1v) is 8.42. The highest BCUT2D eigenvalue weighted by atomic mass is 16.6. The molecule has 0 aliphatic carbocycles. The number of benzene rings is 1. The van der Waals surface area contributed by atoms with Crippen LogP contribution in [-0.2, 0) is 4.74 Å². The molecule has 0 unspecified atom stereocenters. The molecule has 0 aliphatic rings. The number of rotatable bonds is 6. The third-order valence-corrected chi connectivity index (χ3v) is 3.77. The number of carbonyl (C=O) groups excluding carboxylic acids is 1. The fourth-order valence-corrected chi connectivity index (χ4v) is 2.49. The summed E-state index contributed by atoms with van der Waals surface area (Å²) in [5.74, 6) is -0.616. The maximum absolute atomic E-state index is 11.9. The Bertz CT molecular complexity index is 1160. The number of furan rings is 1. The van der Waals surface area contributed by atoms with Crippen molar-refractivity contribution in [3.05, 3.63) is 74.0 Å². The van der Waals surface area contributed by atoms with Crippen LogP contribution in [0.25, 0.3) is 23.5 Å². The van der Waals surface area contributed by atoms with Crippen LogP contribution in [-0.4, -0.2) is 32.6 Å². The van der Waals surface area contributed by atoms with E-state index in [1.165, 1.54) is 12.2 Å². The summed E-state index contributed by atoms with van der Waals surface area (Å²) in [7, 11) is 0. The molecule has 0 amide bonds. The minimum absolute atomic E-state index is 0.0830. The number of nitrogens with zero attached hydrogens (tertiary/aromatic N) is 2. The molecule has 29 heavy (non-hydrogen) atoms. The monoisotopic (exact) mass is 397 g/mol. The SMILES string of the molecule is CCOC(=O)c1cccc(-c2ccc(C=Cc3nc(O)c([N+](=O)[O-])c(=O)[nH]3)o2)c1. The first-order valence-electron chi connectivity index (χ1n) is 8.42. The fraction of sp³-hybridized carbons (Fsp3) is 0.105. The van der Waals surface area contributed by atoms with Gasteiger partial charge in [-0.1, -0.05) is 12.1 Å². The fourth-order valence-electron chi connectivity index (χ4n) is 2.49. The molecular formula is C19H15N3O7. The van der Waals surface area contributed by atoms with Gasteiger partial charge in [0.25, 0.3) is 5.88 Å². The zero-order valence-electron chi connectivity index (χ0n) is 15.1. The van der Waals surface area contributed by atoms with Crippen LogP contribution < -0.4 is 5.56 Å². The first kappa shape index (κ1) is 19.5. The van der Waals surface area contributed by atoms with E-state index in [0.717, 1.165) is 0 Å². The number of H-pyrrole nitrogens is 1. The number of nitro groups is 1. The molecule has 10 heteroatoms. The highest BCUT2D eigenvalue weighted by Gasteiger charge is 2.21. The van der Waals surface area contributed by atoms with Gasteiger partial charge in [0.05, 0.1) is 17.1 Å². The molecule has 2 heterocycles. The predicted octanol–water partition coefficient (Wildman–Crippen LogP) is 2.99. The lowest BCUT2D eigenvalue weighted by Crippen LogP contribution is -2.14. The molecule has 3 aromatic rings. The van der Waals surface area contributed by atoms with E-state index in [1.807, 2.05) is 0 Å². The second kappa shape index (κ2) is 8.21. The Morgan fingerprint density at radius 1 is 1.34 bits per heavy atom. The summed E-state index contributed by atoms with van der Waals surface area (Å²) in [4.78, 5) is 38.9. The van der Waals surface area contributed by atoms with Crippen LogP contribution in [0.4, 0.5) is 5.69 Å². The van der Waals surface area contributed by atoms with E-state index in [2.05, 4.69) is 9.97 Å². The van der Waals surface area contributed by atoms with Gasteiger partial charge in [-0.2, -0.15) is 4.98 Å². The van der Waals surface area contributed by atoms with Gasteiger partial charge in [0.15, 0.2) is 0 Å². The van der Waals surface area contributed by atoms with E-state index in [0.29, 0.717) is 22.6 Å². The van der Waals surface area contributed by atoms with Crippen molar-refractivity contribution in [3.8, 4) is 17.2 Å². The average Bonchev–Trinajstić information content (AvgIpc) is 3.15. The zero-order valence-corrected chi connectivity index (χ0v) is 15.1. The molecule has 0 atom stereocenters. The minimum atomic E-state index is -1.07. The molecule has 148 valence electrons. The van der Waals surface area contributed by atoms with Gasteiger partial charge in [-0.05, 0) is 43.3 Å². The third kappa shape index (κ3) is 4.38. The van der Waals surface area contributed by atoms with Gasteiger partial charge in [0, 0.05) is 5.56 Å². The Morgan fingerprint density at radius 2 is 2.14 bits per heavy atom. The lowest BCUT2D eigenvalue weighted by Gasteiger charge is -2.03. The van der Waals surface area contributed by atoms with E-state index in [1.54, 1.807) is 43.3 Å². The number of aromatic amines is 1. The van der Waals surface area contributed by atoms with Crippen molar-refractivity contribution >= 4 is 23.8 Å². The number of aromatic nitrogens is 2. The van der Waals surface area contributed by atoms with Crippen LogP contribution in [0.1, 0.15) is 28.9 Å². The normalized spacial score (nSPS) is 10.9. The Kier molecular flexibility index (Phi) is 5.54. The van der Waals surface area contributed by atoms with Crippen molar-refractivity contribution in [2.75, 3.05) is 6.61 Å². The molecule has 0 spiro atoms. The van der Waals surface area contributed by atoms with E-state index >= 15 is 0 Å². The largest absolute Gasteiger partial charge is 0.488 e. The molecule has 0 saturated heterocycles. The number of aromatic hydroxyl groups is 1. The number of hydrogen-bond acceptors (Lipinski definition) is 8. The molecule has 0 bridgehead atoms. The summed E-state index contributed by atoms with van der Waals surface area (Å²) in [6.07, 6.45) is 2.78. The van der Waals surface area contributed by atoms with Gasteiger partial charge in [0.1, 0.15) is 17.3 Å². The Hall–Kier alpha value is -4.21. The molecule has 0 fully saturated rings. The Morgan fingerprint density at radius 3 is 2.83 bits per heavy atom. The summed E-state index contributed by atoms with van der Waals surface area (Å²) in [6.45, 7) is 1.99. The molecule has 0 aliphatic heterocycles. The molecule has 1 aromatic carbocycles. The summed E-state index contributed by atoms with van der Waals surface area (Å²) in [5, 5.41) is 20.2. The zero-order chi connectivity index (χ0) is 21.0. The number of hydrogen-bond donors (Lipinski definition) is 2. The van der Waals surface area contributed by atoms with Crippen molar-refractivity contribution in [3.63, 3.8) is 0 Å². The summed E-state index contributed by atoms with van der Waals surface area (Å²) in [6, 6.07) is 10.1. The van der Waals surface area contributed by atoms with Gasteiger partial charge in [-0.3, -0.25) is 14.9 Å². The van der Waals surface area contributed by atoms with Crippen LogP contribution in [0, 0.1) is 10.1 Å². The van der Waals surface area contributed by atoms with E-state index < -0.39 is 28.0 Å². The van der Waals surface area contributed by atoms with Crippen molar-refractivity contribution in [1.29, 1.82) is 0 Å². The van der Waals surface area contributed by atoms with Gasteiger partial charge < -0.3 is 19.2 Å². The quantitative estimate of drug-likeness (QED) is 0.366. The number of ether oxygens (including phenoxy) is 1. The van der Waals surface area contributed by atoms with E-state index in [4.69, 9.17) is 9.15 Å². The summed E-state index contributed by atoms with van der Waals surface area (Å²) in [5.41, 5.74) is -1.04. The van der Waals surface area contributed by atoms with E-state index in [9.17, 15) is 24.8 Å². The molecule has 3 rings (SSSR count). The molecule has 2 aromatic heterocycles. The summed E-state index contributed by atoms with van der Waals surface area (Å²) >= 11 is 0. The van der Waals surface area contributed by atoms with Crippen LogP contribution in [0.15, 0.2) is 45.6 Å². The minimum Gasteiger partial charge on any atom is -0.488 e. The maximum Gasteiger partial charge on any atom is 0.395 e. The topological polar surface area (TPSA) is 149 Å². The Balaban J connectivity index is 1.83. The molecule has 2 N–H and O–H groups in total.